The molecule has 0 aliphatic heterocycles. The molecule has 0 N–H and O–H groups in total. The third-order valence-corrected chi connectivity index (χ3v) is 5.37. The molecule has 112 valence electrons. The van der Waals surface area contributed by atoms with E-state index < -0.39 is 0 Å². The van der Waals surface area contributed by atoms with Gasteiger partial charge in [-0.1, -0.05) is 66.2 Å². The minimum atomic E-state index is 0.698. The summed E-state index contributed by atoms with van der Waals surface area (Å²) in [5.41, 5.74) is 3.16. The third-order valence-electron chi connectivity index (χ3n) is 3.85. The molecule has 4 aromatic rings. The number of halogens is 1. The number of nitrogens with zero attached hydrogens (tertiary/aromatic N) is 1. The van der Waals surface area contributed by atoms with Crippen LogP contribution < -0.4 is 0 Å². The minimum Gasteiger partial charge on any atom is -0.290 e. The Bertz CT molecular complexity index is 1060. The van der Waals surface area contributed by atoms with Crippen LogP contribution in [0.4, 0.5) is 0 Å². The van der Waals surface area contributed by atoms with Gasteiger partial charge >= 0.3 is 0 Å². The van der Waals surface area contributed by atoms with Crippen molar-refractivity contribution in [3.8, 4) is 16.9 Å². The van der Waals surface area contributed by atoms with Crippen LogP contribution in [0.3, 0.4) is 0 Å². The maximum atomic E-state index is 6.40. The zero-order valence-corrected chi connectivity index (χ0v) is 14.5. The van der Waals surface area contributed by atoms with Gasteiger partial charge in [0.15, 0.2) is 3.95 Å². The summed E-state index contributed by atoms with van der Waals surface area (Å²) in [4.78, 5) is 0. The number of hydrogen-bond donors (Lipinski definition) is 0. The molecule has 1 heterocycles. The van der Waals surface area contributed by atoms with Gasteiger partial charge in [-0.15, -0.1) is 11.3 Å². The molecule has 0 amide bonds. The molecule has 0 aliphatic carbocycles. The predicted molar refractivity (Wildman–Crippen MR) is 102 cm³/mol. The standard InChI is InChI=1S/C19H12ClNS2/c20-16-10-3-4-11-17(16)21-18(12-23-19(21)22)15-9-5-7-13-6-1-2-8-14(13)15/h1-12H. The Balaban J connectivity index is 2.05. The monoisotopic (exact) mass is 353 g/mol. The Labute approximate surface area is 148 Å². The molecule has 1 nitrogen and oxygen atoms in total. The van der Waals surface area contributed by atoms with Gasteiger partial charge in [0.2, 0.25) is 0 Å². The van der Waals surface area contributed by atoms with Crippen LogP contribution in [-0.2, 0) is 0 Å². The first-order chi connectivity index (χ1) is 11.3. The van der Waals surface area contributed by atoms with Gasteiger partial charge in [0.25, 0.3) is 0 Å². The molecule has 0 radical (unpaired) electrons. The van der Waals surface area contributed by atoms with E-state index in [0.717, 1.165) is 20.9 Å². The van der Waals surface area contributed by atoms with Crippen LogP contribution in [0.15, 0.2) is 72.1 Å². The normalized spacial score (nSPS) is 11.0. The second-order valence-electron chi connectivity index (χ2n) is 5.20. The Kier molecular flexibility index (Phi) is 3.77. The van der Waals surface area contributed by atoms with Gasteiger partial charge in [0.1, 0.15) is 0 Å². The molecule has 0 unspecified atom stereocenters. The lowest BCUT2D eigenvalue weighted by molar-refractivity contribution is 1.08. The topological polar surface area (TPSA) is 4.93 Å². The van der Waals surface area contributed by atoms with Crippen molar-refractivity contribution in [2.24, 2.45) is 0 Å². The largest absolute Gasteiger partial charge is 0.290 e. The van der Waals surface area contributed by atoms with Crippen LogP contribution in [0.2, 0.25) is 5.02 Å². The van der Waals surface area contributed by atoms with Gasteiger partial charge < -0.3 is 0 Å². The number of hydrogen-bond acceptors (Lipinski definition) is 2. The van der Waals surface area contributed by atoms with Gasteiger partial charge in [0, 0.05) is 10.9 Å². The molecule has 4 heteroatoms. The molecule has 3 aromatic carbocycles. The number of aromatic nitrogens is 1. The summed E-state index contributed by atoms with van der Waals surface area (Å²) in [5, 5.41) is 5.23. The Hall–Kier alpha value is -1.94. The molecule has 0 atom stereocenters. The average Bonchev–Trinajstić information content (AvgIpc) is 2.96. The van der Waals surface area contributed by atoms with E-state index in [-0.39, 0.29) is 0 Å². The fourth-order valence-electron chi connectivity index (χ4n) is 2.80. The van der Waals surface area contributed by atoms with Crippen LogP contribution in [0.1, 0.15) is 0 Å². The highest BCUT2D eigenvalue weighted by Gasteiger charge is 2.13. The maximum Gasteiger partial charge on any atom is 0.166 e. The fraction of sp³-hybridized carbons (Fsp3) is 0. The Morgan fingerprint density at radius 2 is 1.61 bits per heavy atom. The number of fused-ring (bicyclic) bond motifs is 1. The summed E-state index contributed by atoms with van der Waals surface area (Å²) in [6.45, 7) is 0. The number of benzene rings is 3. The van der Waals surface area contributed by atoms with Gasteiger partial charge in [0.05, 0.1) is 16.4 Å². The van der Waals surface area contributed by atoms with Gasteiger partial charge in [-0.05, 0) is 35.1 Å². The van der Waals surface area contributed by atoms with Gasteiger partial charge in [-0.3, -0.25) is 4.57 Å². The first-order valence-corrected chi connectivity index (χ1v) is 8.86. The van der Waals surface area contributed by atoms with Crippen molar-refractivity contribution < 1.29 is 0 Å². The lowest BCUT2D eigenvalue weighted by Gasteiger charge is -2.12. The van der Waals surface area contributed by atoms with E-state index in [4.69, 9.17) is 23.8 Å². The average molecular weight is 354 g/mol. The number of rotatable bonds is 2. The summed E-state index contributed by atoms with van der Waals surface area (Å²) in [6, 6.07) is 22.5. The molecule has 4 rings (SSSR count). The molecular formula is C19H12ClNS2. The van der Waals surface area contributed by atoms with Crippen LogP contribution in [0, 0.1) is 3.95 Å². The van der Waals surface area contributed by atoms with Crippen LogP contribution in [-0.4, -0.2) is 4.57 Å². The van der Waals surface area contributed by atoms with Crippen molar-refractivity contribution in [2.75, 3.05) is 0 Å². The SMILES string of the molecule is S=c1scc(-c2cccc3ccccc23)n1-c1ccccc1Cl. The number of thiazole rings is 1. The van der Waals surface area contributed by atoms with E-state index in [1.165, 1.54) is 10.8 Å². The summed E-state index contributed by atoms with van der Waals surface area (Å²) in [6.07, 6.45) is 0. The highest BCUT2D eigenvalue weighted by molar-refractivity contribution is 7.73. The van der Waals surface area contributed by atoms with E-state index in [0.29, 0.717) is 5.02 Å². The molecule has 0 fully saturated rings. The van der Waals surface area contributed by atoms with Crippen molar-refractivity contribution in [2.45, 2.75) is 0 Å². The summed E-state index contributed by atoms with van der Waals surface area (Å²) >= 11 is 13.5. The maximum absolute atomic E-state index is 6.40. The van der Waals surface area contributed by atoms with Crippen molar-refractivity contribution in [3.63, 3.8) is 0 Å². The second kappa shape index (κ2) is 5.93. The lowest BCUT2D eigenvalue weighted by Crippen LogP contribution is -1.97. The zero-order chi connectivity index (χ0) is 15.8. The molecular weight excluding hydrogens is 342 g/mol. The molecule has 0 saturated heterocycles. The smallest absolute Gasteiger partial charge is 0.166 e. The molecule has 0 aliphatic rings. The highest BCUT2D eigenvalue weighted by Crippen LogP contribution is 2.34. The van der Waals surface area contributed by atoms with Crippen LogP contribution in [0.25, 0.3) is 27.7 Å². The highest BCUT2D eigenvalue weighted by atomic mass is 35.5. The third kappa shape index (κ3) is 2.51. The molecule has 0 saturated carbocycles. The Morgan fingerprint density at radius 1 is 0.870 bits per heavy atom. The van der Waals surface area contributed by atoms with Crippen LogP contribution >= 0.6 is 35.2 Å². The van der Waals surface area contributed by atoms with E-state index >= 15 is 0 Å². The van der Waals surface area contributed by atoms with Crippen LogP contribution in [0.5, 0.6) is 0 Å². The second-order valence-corrected chi connectivity index (χ2v) is 7.11. The predicted octanol–water partition coefficient (Wildman–Crippen LogP) is 6.74. The molecule has 1 aromatic heterocycles. The van der Waals surface area contributed by atoms with E-state index in [2.05, 4.69) is 52.4 Å². The van der Waals surface area contributed by atoms with Crippen molar-refractivity contribution in [1.82, 2.24) is 4.57 Å². The molecule has 0 spiro atoms. The first-order valence-electron chi connectivity index (χ1n) is 7.19. The van der Waals surface area contributed by atoms with Gasteiger partial charge in [-0.25, -0.2) is 0 Å². The van der Waals surface area contributed by atoms with Crippen molar-refractivity contribution in [1.29, 1.82) is 0 Å². The summed E-state index contributed by atoms with van der Waals surface area (Å²) in [7, 11) is 0. The molecule has 0 bridgehead atoms. The molecule has 23 heavy (non-hydrogen) atoms. The zero-order valence-electron chi connectivity index (χ0n) is 12.1. The fourth-order valence-corrected chi connectivity index (χ4v) is 4.11. The van der Waals surface area contributed by atoms with E-state index in [9.17, 15) is 0 Å². The minimum absolute atomic E-state index is 0.698. The lowest BCUT2D eigenvalue weighted by atomic mass is 10.0. The van der Waals surface area contributed by atoms with Crippen molar-refractivity contribution in [3.05, 3.63) is 81.1 Å². The van der Waals surface area contributed by atoms with Gasteiger partial charge in [-0.2, -0.15) is 0 Å². The first kappa shape index (κ1) is 14.6. The Morgan fingerprint density at radius 3 is 2.48 bits per heavy atom. The van der Waals surface area contributed by atoms with E-state index in [1.807, 2.05) is 24.3 Å². The summed E-state index contributed by atoms with van der Waals surface area (Å²) in [5.74, 6) is 0. The summed E-state index contributed by atoms with van der Waals surface area (Å²) < 4.78 is 2.85. The van der Waals surface area contributed by atoms with Crippen molar-refractivity contribution >= 4 is 45.9 Å². The number of para-hydroxylation sites is 1. The quantitative estimate of drug-likeness (QED) is 0.361. The van der Waals surface area contributed by atoms with E-state index in [1.54, 1.807) is 11.3 Å².